The van der Waals surface area contributed by atoms with E-state index in [9.17, 15) is 0 Å². The van der Waals surface area contributed by atoms with Crippen LogP contribution < -0.4 is 4.74 Å². The number of ether oxygens (including phenoxy) is 1. The van der Waals surface area contributed by atoms with Gasteiger partial charge < -0.3 is 4.74 Å². The van der Waals surface area contributed by atoms with Gasteiger partial charge in [-0.2, -0.15) is 5.10 Å². The van der Waals surface area contributed by atoms with Crippen molar-refractivity contribution in [2.75, 3.05) is 7.11 Å². The molecule has 5 heteroatoms. The zero-order valence-electron chi connectivity index (χ0n) is 10.5. The smallest absolute Gasteiger partial charge is 0.123 e. The zero-order chi connectivity index (χ0) is 13.1. The maximum absolute atomic E-state index is 5.15. The van der Waals surface area contributed by atoms with E-state index in [0.717, 1.165) is 22.0 Å². The molecule has 0 unspecified atom stereocenters. The molecule has 0 fully saturated rings. The predicted octanol–water partition coefficient (Wildman–Crippen LogP) is 3.06. The number of nitrogens with zero attached hydrogens (tertiary/aromatic N) is 3. The van der Waals surface area contributed by atoms with Crippen molar-refractivity contribution in [3.05, 3.63) is 53.8 Å². The van der Waals surface area contributed by atoms with Crippen molar-refractivity contribution < 1.29 is 4.74 Å². The highest BCUT2D eigenvalue weighted by atomic mass is 32.1. The maximum atomic E-state index is 5.15. The van der Waals surface area contributed by atoms with E-state index in [4.69, 9.17) is 4.74 Å². The molecule has 0 saturated carbocycles. The summed E-state index contributed by atoms with van der Waals surface area (Å²) in [5.41, 5.74) is 2.14. The molecule has 96 valence electrons. The minimum atomic E-state index is 0.708. The molecule has 0 aliphatic carbocycles. The molecule has 0 atom stereocenters. The van der Waals surface area contributed by atoms with Crippen LogP contribution in [-0.4, -0.2) is 21.9 Å². The van der Waals surface area contributed by atoms with Gasteiger partial charge >= 0.3 is 0 Å². The highest BCUT2D eigenvalue weighted by molar-refractivity contribution is 7.13. The lowest BCUT2D eigenvalue weighted by atomic mass is 10.2. The third-order valence-electron chi connectivity index (χ3n) is 2.77. The Kier molecular flexibility index (Phi) is 3.29. The fraction of sp³-hybridized carbons (Fsp3) is 0.143. The Labute approximate surface area is 115 Å². The number of benzene rings is 1. The van der Waals surface area contributed by atoms with Gasteiger partial charge in [-0.15, -0.1) is 11.3 Å². The van der Waals surface area contributed by atoms with Crippen LogP contribution in [0.15, 0.2) is 48.1 Å². The molecule has 4 nitrogen and oxygen atoms in total. The number of hydrogen-bond donors (Lipinski definition) is 0. The summed E-state index contributed by atoms with van der Waals surface area (Å²) in [4.78, 5) is 4.63. The predicted molar refractivity (Wildman–Crippen MR) is 75.4 cm³/mol. The van der Waals surface area contributed by atoms with E-state index in [1.807, 2.05) is 41.2 Å². The summed E-state index contributed by atoms with van der Waals surface area (Å²) in [6, 6.07) is 9.86. The lowest BCUT2D eigenvalue weighted by Crippen LogP contribution is -1.99. The Morgan fingerprint density at radius 3 is 2.79 bits per heavy atom. The van der Waals surface area contributed by atoms with Gasteiger partial charge in [0.15, 0.2) is 0 Å². The average Bonchev–Trinajstić information content (AvgIpc) is 3.11. The normalized spacial score (nSPS) is 10.6. The lowest BCUT2D eigenvalue weighted by molar-refractivity contribution is 0.415. The molecule has 0 N–H and O–H groups in total. The summed E-state index contributed by atoms with van der Waals surface area (Å²) in [5.74, 6) is 0.858. The van der Waals surface area contributed by atoms with Crippen molar-refractivity contribution in [3.63, 3.8) is 0 Å². The maximum Gasteiger partial charge on any atom is 0.123 e. The summed E-state index contributed by atoms with van der Waals surface area (Å²) in [5, 5.41) is 7.27. The summed E-state index contributed by atoms with van der Waals surface area (Å²) < 4.78 is 7.02. The third-order valence-corrected chi connectivity index (χ3v) is 3.71. The van der Waals surface area contributed by atoms with Crippen LogP contribution in [0.5, 0.6) is 5.75 Å². The van der Waals surface area contributed by atoms with Gasteiger partial charge in [-0.25, -0.2) is 4.98 Å². The lowest BCUT2D eigenvalue weighted by Gasteiger charge is -2.00. The van der Waals surface area contributed by atoms with Crippen LogP contribution in [0.2, 0.25) is 0 Å². The molecular formula is C14H13N3OS. The molecule has 0 amide bonds. The molecule has 1 aromatic carbocycles. The first-order chi connectivity index (χ1) is 9.35. The Morgan fingerprint density at radius 1 is 1.26 bits per heavy atom. The number of methoxy groups -OCH3 is 1. The van der Waals surface area contributed by atoms with Crippen molar-refractivity contribution in [1.29, 1.82) is 0 Å². The minimum Gasteiger partial charge on any atom is -0.497 e. The third kappa shape index (κ3) is 2.66. The van der Waals surface area contributed by atoms with Crippen molar-refractivity contribution in [2.24, 2.45) is 0 Å². The topological polar surface area (TPSA) is 39.9 Å². The Balaban J connectivity index is 1.80. The van der Waals surface area contributed by atoms with Crippen LogP contribution in [0.1, 0.15) is 5.69 Å². The van der Waals surface area contributed by atoms with E-state index >= 15 is 0 Å². The molecule has 3 aromatic rings. The van der Waals surface area contributed by atoms with Gasteiger partial charge in [0.1, 0.15) is 10.8 Å². The first-order valence-corrected chi connectivity index (χ1v) is 6.79. The van der Waals surface area contributed by atoms with Gasteiger partial charge in [0, 0.05) is 23.3 Å². The van der Waals surface area contributed by atoms with E-state index < -0.39 is 0 Å². The Bertz CT molecular complexity index is 644. The zero-order valence-corrected chi connectivity index (χ0v) is 11.3. The molecule has 0 aliphatic rings. The van der Waals surface area contributed by atoms with Gasteiger partial charge in [-0.3, -0.25) is 4.68 Å². The molecule has 0 aliphatic heterocycles. The monoisotopic (exact) mass is 271 g/mol. The molecule has 3 rings (SSSR count). The van der Waals surface area contributed by atoms with Crippen molar-refractivity contribution in [2.45, 2.75) is 6.54 Å². The molecule has 19 heavy (non-hydrogen) atoms. The fourth-order valence-electron chi connectivity index (χ4n) is 1.81. The summed E-state index contributed by atoms with van der Waals surface area (Å²) in [6.45, 7) is 0.708. The SMILES string of the molecule is COc1ccc(-c2nc(Cn3cccn3)cs2)cc1. The van der Waals surface area contributed by atoms with E-state index in [1.165, 1.54) is 0 Å². The van der Waals surface area contributed by atoms with Crippen LogP contribution in [-0.2, 0) is 6.54 Å². The van der Waals surface area contributed by atoms with Crippen molar-refractivity contribution in [1.82, 2.24) is 14.8 Å². The van der Waals surface area contributed by atoms with Gasteiger partial charge in [0.05, 0.1) is 19.3 Å². The summed E-state index contributed by atoms with van der Waals surface area (Å²) in [7, 11) is 1.67. The first kappa shape index (κ1) is 11.9. The quantitative estimate of drug-likeness (QED) is 0.732. The Morgan fingerprint density at radius 2 is 2.11 bits per heavy atom. The van der Waals surface area contributed by atoms with Crippen LogP contribution in [0.25, 0.3) is 10.6 Å². The fourth-order valence-corrected chi connectivity index (χ4v) is 2.62. The molecule has 2 heterocycles. The standard InChI is InChI=1S/C14H13N3OS/c1-18-13-5-3-11(4-6-13)14-16-12(10-19-14)9-17-8-2-7-15-17/h2-8,10H,9H2,1H3. The minimum absolute atomic E-state index is 0.708. The van der Waals surface area contributed by atoms with Crippen LogP contribution in [0.3, 0.4) is 0 Å². The molecule has 0 bridgehead atoms. The summed E-state index contributed by atoms with van der Waals surface area (Å²) >= 11 is 1.64. The van der Waals surface area contributed by atoms with Gasteiger partial charge in [0.2, 0.25) is 0 Å². The van der Waals surface area contributed by atoms with E-state index in [2.05, 4.69) is 15.5 Å². The van der Waals surface area contributed by atoms with E-state index in [0.29, 0.717) is 6.54 Å². The van der Waals surface area contributed by atoms with Gasteiger partial charge in [0.25, 0.3) is 0 Å². The number of aromatic nitrogens is 3. The largest absolute Gasteiger partial charge is 0.497 e. The first-order valence-electron chi connectivity index (χ1n) is 5.91. The average molecular weight is 271 g/mol. The van der Waals surface area contributed by atoms with E-state index in [-0.39, 0.29) is 0 Å². The highest BCUT2D eigenvalue weighted by Gasteiger charge is 2.05. The van der Waals surface area contributed by atoms with Crippen molar-refractivity contribution >= 4 is 11.3 Å². The number of thiazole rings is 1. The highest BCUT2D eigenvalue weighted by Crippen LogP contribution is 2.25. The second-order valence-corrected chi connectivity index (χ2v) is 4.93. The number of rotatable bonds is 4. The Hall–Kier alpha value is -2.14. The summed E-state index contributed by atoms with van der Waals surface area (Å²) in [6.07, 6.45) is 3.71. The van der Waals surface area contributed by atoms with Crippen LogP contribution >= 0.6 is 11.3 Å². The second kappa shape index (κ2) is 5.24. The second-order valence-electron chi connectivity index (χ2n) is 4.08. The van der Waals surface area contributed by atoms with Crippen molar-refractivity contribution in [3.8, 4) is 16.3 Å². The molecule has 0 saturated heterocycles. The molecular weight excluding hydrogens is 258 g/mol. The van der Waals surface area contributed by atoms with Crippen LogP contribution in [0.4, 0.5) is 0 Å². The van der Waals surface area contributed by atoms with E-state index in [1.54, 1.807) is 24.6 Å². The molecule has 2 aromatic heterocycles. The van der Waals surface area contributed by atoms with Gasteiger partial charge in [-0.05, 0) is 30.3 Å². The number of hydrogen-bond acceptors (Lipinski definition) is 4. The van der Waals surface area contributed by atoms with Crippen LogP contribution in [0, 0.1) is 0 Å². The van der Waals surface area contributed by atoms with Gasteiger partial charge in [-0.1, -0.05) is 0 Å². The molecule has 0 spiro atoms. The molecule has 0 radical (unpaired) electrons.